The van der Waals surface area contributed by atoms with Crippen molar-refractivity contribution in [3.05, 3.63) is 26.5 Å². The first-order valence-corrected chi connectivity index (χ1v) is 8.67. The molecule has 2 atom stereocenters. The summed E-state index contributed by atoms with van der Waals surface area (Å²) in [6.07, 6.45) is -0.594. The number of hydrogen-bond acceptors (Lipinski definition) is 7. The summed E-state index contributed by atoms with van der Waals surface area (Å²) in [6.45, 7) is 8.95. The highest BCUT2D eigenvalue weighted by Gasteiger charge is 2.26. The van der Waals surface area contributed by atoms with Crippen molar-refractivity contribution < 1.29 is 19.0 Å². The largest absolute Gasteiger partial charge is 0.444 e. The molecule has 0 spiro atoms. The molecule has 0 aliphatic rings. The molecule has 0 aromatic carbocycles. The Labute approximate surface area is 159 Å². The molecule has 0 saturated carbocycles. The number of hydrogen-bond donors (Lipinski definition) is 2. The number of rotatable bonds is 7. The third kappa shape index (κ3) is 6.55. The normalized spacial score (nSPS) is 12.4. The van der Waals surface area contributed by atoms with E-state index in [2.05, 4.69) is 25.1 Å². The van der Waals surface area contributed by atoms with Gasteiger partial charge in [0, 0.05) is 27.3 Å². The third-order valence-electron chi connectivity index (χ3n) is 3.34. The van der Waals surface area contributed by atoms with Crippen LogP contribution in [0.3, 0.4) is 0 Å². The minimum Gasteiger partial charge on any atom is -0.444 e. The van der Waals surface area contributed by atoms with E-state index in [1.165, 1.54) is 0 Å². The van der Waals surface area contributed by atoms with Gasteiger partial charge in [0.1, 0.15) is 11.3 Å². The monoisotopic (exact) mass is 406 g/mol. The second-order valence-electron chi connectivity index (χ2n) is 6.65. The number of alkyl carbamates (subject to hydrolysis) is 1. The first-order chi connectivity index (χ1) is 12.0. The van der Waals surface area contributed by atoms with Gasteiger partial charge in [-0.25, -0.2) is 9.78 Å². The molecule has 1 aromatic rings. The highest BCUT2D eigenvalue weighted by atomic mass is 35.5. The first kappa shape index (κ1) is 22.3. The minimum atomic E-state index is -0.630. The highest BCUT2D eigenvalue weighted by molar-refractivity contribution is 7.09. The van der Waals surface area contributed by atoms with Crippen molar-refractivity contribution in [3.8, 4) is 0 Å². The maximum atomic E-state index is 11.8. The van der Waals surface area contributed by atoms with Gasteiger partial charge in [-0.3, -0.25) is 10.1 Å². The van der Waals surface area contributed by atoms with E-state index in [4.69, 9.17) is 20.9 Å². The second kappa shape index (κ2) is 9.30. The number of carbonyl (C=O) groups is 1. The fourth-order valence-electron chi connectivity index (χ4n) is 2.08. The Balaban J connectivity index is 3.01. The van der Waals surface area contributed by atoms with Crippen LogP contribution in [0.2, 0.25) is 5.15 Å². The lowest BCUT2D eigenvalue weighted by molar-refractivity contribution is -0.384. The van der Waals surface area contributed by atoms with E-state index in [0.717, 1.165) is 0 Å². The summed E-state index contributed by atoms with van der Waals surface area (Å²) in [7, 11) is 2.10. The molecule has 0 aliphatic heterocycles. The molecule has 1 unspecified atom stereocenters. The van der Waals surface area contributed by atoms with Crippen LogP contribution >= 0.6 is 21.1 Å². The maximum absolute atomic E-state index is 11.8. The van der Waals surface area contributed by atoms with Crippen molar-refractivity contribution in [3.63, 3.8) is 0 Å². The van der Waals surface area contributed by atoms with Crippen LogP contribution in [0.4, 0.5) is 16.2 Å². The number of nitro groups is 1. The summed E-state index contributed by atoms with van der Waals surface area (Å²) >= 11 is 5.94. The highest BCUT2D eigenvalue weighted by Crippen LogP contribution is 2.35. The van der Waals surface area contributed by atoms with E-state index in [9.17, 15) is 14.9 Å². The Bertz CT molecular complexity index is 681. The third-order valence-corrected chi connectivity index (χ3v) is 3.79. The maximum Gasteiger partial charge on any atom is 0.407 e. The van der Waals surface area contributed by atoms with E-state index in [-0.39, 0.29) is 29.7 Å². The van der Waals surface area contributed by atoms with Crippen LogP contribution in [-0.4, -0.2) is 40.8 Å². The molecular formula is C15H24ClN4O5P. The van der Waals surface area contributed by atoms with Crippen molar-refractivity contribution in [2.75, 3.05) is 18.5 Å². The van der Waals surface area contributed by atoms with Gasteiger partial charge in [-0.15, -0.1) is 0 Å². The number of aromatic nitrogens is 1. The molecule has 26 heavy (non-hydrogen) atoms. The lowest BCUT2D eigenvalue weighted by atomic mass is 10.1. The van der Waals surface area contributed by atoms with E-state index >= 15 is 0 Å². The smallest absolute Gasteiger partial charge is 0.407 e. The zero-order valence-electron chi connectivity index (χ0n) is 15.4. The summed E-state index contributed by atoms with van der Waals surface area (Å²) in [5, 5.41) is 16.8. The summed E-state index contributed by atoms with van der Waals surface area (Å²) in [5.74, 6) is 0. The average molecular weight is 407 g/mol. The van der Waals surface area contributed by atoms with Gasteiger partial charge in [-0.2, -0.15) is 0 Å². The summed E-state index contributed by atoms with van der Waals surface area (Å²) in [5.41, 5.74) is 0.446. The van der Waals surface area contributed by atoms with Gasteiger partial charge in [0.2, 0.25) is 5.15 Å². The molecule has 0 saturated heterocycles. The molecular weight excluding hydrogens is 383 g/mol. The van der Waals surface area contributed by atoms with E-state index in [0.29, 0.717) is 11.3 Å². The Morgan fingerprint density at radius 3 is 2.54 bits per heavy atom. The Hall–Kier alpha value is -1.70. The van der Waals surface area contributed by atoms with Crippen molar-refractivity contribution in [2.45, 2.75) is 46.3 Å². The van der Waals surface area contributed by atoms with Crippen LogP contribution in [0.15, 0.2) is 0 Å². The van der Waals surface area contributed by atoms with Gasteiger partial charge < -0.3 is 19.9 Å². The number of halogens is 1. The molecule has 0 bridgehead atoms. The molecule has 146 valence electrons. The predicted octanol–water partition coefficient (Wildman–Crippen LogP) is 3.37. The molecule has 1 aromatic heterocycles. The summed E-state index contributed by atoms with van der Waals surface area (Å²) < 4.78 is 10.2. The topological polar surface area (TPSA) is 116 Å². The van der Waals surface area contributed by atoms with Gasteiger partial charge in [0.15, 0.2) is 0 Å². The number of pyridine rings is 1. The number of aryl methyl sites for hydroxylation is 1. The Kier molecular flexibility index (Phi) is 7.99. The van der Waals surface area contributed by atoms with Crippen LogP contribution in [-0.2, 0) is 9.26 Å². The predicted molar refractivity (Wildman–Crippen MR) is 103 cm³/mol. The number of carbonyl (C=O) groups excluding carboxylic acids is 1. The van der Waals surface area contributed by atoms with Gasteiger partial charge >= 0.3 is 11.8 Å². The molecule has 9 nitrogen and oxygen atoms in total. The molecule has 0 aliphatic carbocycles. The van der Waals surface area contributed by atoms with Crippen LogP contribution in [0.1, 0.15) is 32.0 Å². The van der Waals surface area contributed by atoms with Crippen LogP contribution < -0.4 is 10.6 Å². The number of anilines is 1. The molecule has 0 fully saturated rings. The lowest BCUT2D eigenvalue weighted by Crippen LogP contribution is -2.41. The fraction of sp³-hybridized carbons (Fsp3) is 0.600. The first-order valence-electron chi connectivity index (χ1n) is 7.82. The molecule has 0 radical (unpaired) electrons. The Morgan fingerprint density at radius 1 is 1.42 bits per heavy atom. The lowest BCUT2D eigenvalue weighted by Gasteiger charge is -2.23. The molecule has 11 heteroatoms. The van der Waals surface area contributed by atoms with Gasteiger partial charge in [-0.1, -0.05) is 11.6 Å². The zero-order valence-corrected chi connectivity index (χ0v) is 17.3. The standard InChI is InChI=1S/C15H24ClN4O5P/c1-8-9(2)18-13(16)12(20(22)23)11(8)19-10(7-24-26)6-17-14(21)25-15(3,4)5/h10H,6-7,26H2,1-5H3,(H,17,21)(H,18,19)/t10-/m0/s1. The van der Waals surface area contributed by atoms with Crippen molar-refractivity contribution in [1.82, 2.24) is 10.3 Å². The van der Waals surface area contributed by atoms with Crippen LogP contribution in [0.5, 0.6) is 0 Å². The van der Waals surface area contributed by atoms with Crippen LogP contribution in [0, 0.1) is 24.0 Å². The summed E-state index contributed by atoms with van der Waals surface area (Å²) in [4.78, 5) is 26.6. The molecule has 1 amide bonds. The molecule has 1 rings (SSSR count). The second-order valence-corrected chi connectivity index (χ2v) is 7.34. The van der Waals surface area contributed by atoms with Crippen molar-refractivity contribution >= 4 is 38.5 Å². The van der Waals surface area contributed by atoms with Gasteiger partial charge in [-0.05, 0) is 34.6 Å². The van der Waals surface area contributed by atoms with E-state index < -0.39 is 22.7 Å². The number of ether oxygens (including phenoxy) is 1. The number of nitrogens with zero attached hydrogens (tertiary/aromatic N) is 2. The molecule has 1 heterocycles. The fourth-order valence-corrected chi connectivity index (χ4v) is 2.60. The number of amides is 1. The zero-order chi connectivity index (χ0) is 20.1. The van der Waals surface area contributed by atoms with E-state index in [1.54, 1.807) is 34.6 Å². The van der Waals surface area contributed by atoms with Gasteiger partial charge in [0.25, 0.3) is 0 Å². The van der Waals surface area contributed by atoms with Gasteiger partial charge in [0.05, 0.1) is 17.6 Å². The van der Waals surface area contributed by atoms with E-state index in [1.807, 2.05) is 0 Å². The molecule has 2 N–H and O–H groups in total. The quantitative estimate of drug-likeness (QED) is 0.308. The average Bonchev–Trinajstić information content (AvgIpc) is 2.47. The van der Waals surface area contributed by atoms with Crippen LogP contribution in [0.25, 0.3) is 0 Å². The minimum absolute atomic E-state index is 0.124. The summed E-state index contributed by atoms with van der Waals surface area (Å²) in [6, 6.07) is -0.463. The SMILES string of the molecule is Cc1nc(Cl)c([N+](=O)[O-])c(N[C@@H](CNC(=O)OC(C)(C)C)COP)c1C. The van der Waals surface area contributed by atoms with Crippen molar-refractivity contribution in [2.24, 2.45) is 0 Å². The number of nitrogens with one attached hydrogen (secondary N) is 2. The van der Waals surface area contributed by atoms with Crippen molar-refractivity contribution in [1.29, 1.82) is 0 Å². The Morgan fingerprint density at radius 2 is 2.04 bits per heavy atom.